The average Bonchev–Trinajstić information content (AvgIpc) is 1.62. The van der Waals surface area contributed by atoms with Crippen molar-refractivity contribution in [2.45, 2.75) is 62.3 Å². The fraction of sp³-hybridized carbons (Fsp3) is 0.108. The molecule has 0 aliphatic rings. The van der Waals surface area contributed by atoms with Crippen LogP contribution in [0.25, 0.3) is 145 Å². The third-order valence-corrected chi connectivity index (χ3v) is 18.1. The highest BCUT2D eigenvalue weighted by Gasteiger charge is 2.27. The van der Waals surface area contributed by atoms with Gasteiger partial charge in [0.2, 0.25) is 0 Å². The maximum absolute atomic E-state index is 5.61. The van der Waals surface area contributed by atoms with Crippen LogP contribution in [-0.4, -0.2) is 29.1 Å². The van der Waals surface area contributed by atoms with Crippen LogP contribution in [0.4, 0.5) is 0 Å². The lowest BCUT2D eigenvalue weighted by Gasteiger charge is -2.21. The molecule has 6 heteroatoms. The number of aryl methyl sites for hydroxylation is 9. The van der Waals surface area contributed by atoms with Crippen molar-refractivity contribution in [1.82, 2.24) is 29.1 Å². The van der Waals surface area contributed by atoms with E-state index in [1.165, 1.54) is 94.6 Å². The minimum Gasteiger partial charge on any atom is -0.309 e. The van der Waals surface area contributed by atoms with Crippen LogP contribution in [0.3, 0.4) is 0 Å². The van der Waals surface area contributed by atoms with Crippen LogP contribution < -0.4 is 0 Å². The van der Waals surface area contributed by atoms with Crippen molar-refractivity contribution in [1.29, 1.82) is 0 Å². The standard InChI is InChI=1S/C83H66N6/c1-49-25-32-64(53(5)40-49)60-28-35-72-70(47-60)71-48-63(78-56(8)43-52(4)44-57(78)9)31-38-73(71)88(72)76-23-16-22-67(83-86-81(58-18-12-10-13-19-58)85-82(87-83)59-20-14-11-15-21-59)79(76)80-77(24-17-39-84-80)89-74-36-29-61(65-33-26-50(2)41-54(65)6)45-68(74)69-46-62(30-37-75(69)89)66-34-27-51(3)42-55(66)7/h10-48H,1-9H3. The molecule has 0 N–H and O–H groups in total. The van der Waals surface area contributed by atoms with Crippen molar-refractivity contribution in [3.63, 3.8) is 0 Å². The van der Waals surface area contributed by atoms with E-state index in [1.54, 1.807) is 0 Å². The predicted octanol–water partition coefficient (Wildman–Crippen LogP) is 21.6. The van der Waals surface area contributed by atoms with E-state index in [0.717, 1.165) is 82.9 Å². The van der Waals surface area contributed by atoms with Gasteiger partial charge < -0.3 is 9.13 Å². The number of rotatable bonds is 10. The average molecular weight is 1150 g/mol. The molecule has 0 aliphatic carbocycles. The SMILES string of the molecule is Cc1ccc(-c2ccc3c(c2)c2cc(-c4ccc(C)cc4C)ccc2n3-c2cccnc2-c2c(-c3nc(-c4ccccc4)nc(-c4ccccc4)n3)cccc2-n2c3ccc(-c4ccc(C)cc4C)cc3c3cc(-c4c(C)cc(C)cc4C)ccc32)c(C)c1. The molecule has 4 heterocycles. The molecule has 89 heavy (non-hydrogen) atoms. The predicted molar refractivity (Wildman–Crippen MR) is 372 cm³/mol. The number of hydrogen-bond acceptors (Lipinski definition) is 4. The van der Waals surface area contributed by atoms with Crippen molar-refractivity contribution in [2.24, 2.45) is 0 Å². The van der Waals surface area contributed by atoms with Gasteiger partial charge in [-0.15, -0.1) is 0 Å². The molecule has 0 spiro atoms. The van der Waals surface area contributed by atoms with Gasteiger partial charge in [-0.3, -0.25) is 4.98 Å². The zero-order valence-corrected chi connectivity index (χ0v) is 51.7. The van der Waals surface area contributed by atoms with Gasteiger partial charge in [-0.05, 0) is 201 Å². The molecule has 0 unspecified atom stereocenters. The number of aromatic nitrogens is 6. The molecular weight excluding hydrogens is 1080 g/mol. The lowest BCUT2D eigenvalue weighted by molar-refractivity contribution is 1.07. The van der Waals surface area contributed by atoms with Crippen LogP contribution in [0.1, 0.15) is 50.1 Å². The summed E-state index contributed by atoms with van der Waals surface area (Å²) in [5.74, 6) is 1.70. The Morgan fingerprint density at radius 2 is 0.652 bits per heavy atom. The third kappa shape index (κ3) is 9.60. The minimum atomic E-state index is 0.537. The molecule has 0 saturated heterocycles. The Morgan fingerprint density at radius 3 is 1.10 bits per heavy atom. The molecule has 0 fully saturated rings. The van der Waals surface area contributed by atoms with Crippen molar-refractivity contribution in [3.05, 3.63) is 287 Å². The molecule has 428 valence electrons. The summed E-state index contributed by atoms with van der Waals surface area (Å²) >= 11 is 0. The fourth-order valence-corrected chi connectivity index (χ4v) is 14.1. The summed E-state index contributed by atoms with van der Waals surface area (Å²) in [6, 6.07) is 84.3. The van der Waals surface area contributed by atoms with E-state index in [0.29, 0.717) is 17.5 Å². The van der Waals surface area contributed by atoms with Gasteiger partial charge in [-0.2, -0.15) is 0 Å². The Morgan fingerprint density at radius 1 is 0.258 bits per heavy atom. The van der Waals surface area contributed by atoms with E-state index in [2.05, 4.69) is 266 Å². The number of nitrogens with zero attached hydrogens (tertiary/aromatic N) is 6. The molecular formula is C83H66N6. The van der Waals surface area contributed by atoms with Gasteiger partial charge in [0.25, 0.3) is 0 Å². The highest BCUT2D eigenvalue weighted by Crippen LogP contribution is 2.47. The van der Waals surface area contributed by atoms with E-state index < -0.39 is 0 Å². The summed E-state index contributed by atoms with van der Waals surface area (Å²) in [5, 5.41) is 4.61. The third-order valence-electron chi connectivity index (χ3n) is 18.1. The number of hydrogen-bond donors (Lipinski definition) is 0. The number of pyridine rings is 1. The first kappa shape index (κ1) is 54.8. The van der Waals surface area contributed by atoms with Gasteiger partial charge in [0.15, 0.2) is 17.5 Å². The van der Waals surface area contributed by atoms with Crippen LogP contribution in [-0.2, 0) is 0 Å². The van der Waals surface area contributed by atoms with Crippen molar-refractivity contribution >= 4 is 43.6 Å². The smallest absolute Gasteiger partial charge is 0.164 e. The van der Waals surface area contributed by atoms with Gasteiger partial charge >= 0.3 is 0 Å². The highest BCUT2D eigenvalue weighted by molar-refractivity contribution is 6.14. The lowest BCUT2D eigenvalue weighted by Crippen LogP contribution is -2.06. The Bertz CT molecular complexity index is 5160. The van der Waals surface area contributed by atoms with Crippen molar-refractivity contribution < 1.29 is 0 Å². The lowest BCUT2D eigenvalue weighted by atomic mass is 9.92. The monoisotopic (exact) mass is 1150 g/mol. The second-order valence-corrected chi connectivity index (χ2v) is 24.4. The Hall–Kier alpha value is -10.8. The Labute approximate surface area is 520 Å². The molecule has 0 radical (unpaired) electrons. The first-order valence-corrected chi connectivity index (χ1v) is 30.8. The molecule has 6 nitrogen and oxygen atoms in total. The first-order chi connectivity index (χ1) is 43.3. The molecule has 0 saturated carbocycles. The summed E-state index contributed by atoms with van der Waals surface area (Å²) in [7, 11) is 0. The maximum atomic E-state index is 5.61. The summed E-state index contributed by atoms with van der Waals surface area (Å²) in [4.78, 5) is 21.8. The second-order valence-electron chi connectivity index (χ2n) is 24.4. The van der Waals surface area contributed by atoms with Gasteiger partial charge in [-0.25, -0.2) is 15.0 Å². The molecule has 11 aromatic carbocycles. The summed E-state index contributed by atoms with van der Waals surface area (Å²) in [6.07, 6.45) is 1.93. The van der Waals surface area contributed by atoms with Crippen LogP contribution in [0, 0.1) is 62.3 Å². The van der Waals surface area contributed by atoms with E-state index in [1.807, 2.05) is 42.6 Å². The number of fused-ring (bicyclic) bond motifs is 6. The first-order valence-electron chi connectivity index (χ1n) is 30.8. The van der Waals surface area contributed by atoms with Gasteiger partial charge in [0, 0.05) is 50.0 Å². The van der Waals surface area contributed by atoms with Crippen molar-refractivity contribution in [3.8, 4) is 101 Å². The Balaban J connectivity index is 1.05. The molecule has 0 atom stereocenters. The molecule has 0 bridgehead atoms. The van der Waals surface area contributed by atoms with Gasteiger partial charge in [0.1, 0.15) is 0 Å². The van der Waals surface area contributed by atoms with E-state index in [4.69, 9.17) is 19.9 Å². The second kappa shape index (κ2) is 21.8. The summed E-state index contributed by atoms with van der Waals surface area (Å²) in [6.45, 7) is 19.8. The van der Waals surface area contributed by atoms with E-state index >= 15 is 0 Å². The van der Waals surface area contributed by atoms with Crippen LogP contribution in [0.2, 0.25) is 0 Å². The molecule has 0 amide bonds. The summed E-state index contributed by atoms with van der Waals surface area (Å²) < 4.78 is 4.89. The normalized spacial score (nSPS) is 11.7. The van der Waals surface area contributed by atoms with Crippen LogP contribution >= 0.6 is 0 Å². The summed E-state index contributed by atoms with van der Waals surface area (Å²) in [5.41, 5.74) is 31.3. The van der Waals surface area contributed by atoms with Crippen molar-refractivity contribution in [2.75, 3.05) is 0 Å². The zero-order chi connectivity index (χ0) is 60.8. The number of benzene rings is 11. The molecule has 15 rings (SSSR count). The quantitative estimate of drug-likeness (QED) is 0.137. The largest absolute Gasteiger partial charge is 0.309 e. The minimum absolute atomic E-state index is 0.537. The molecule has 15 aromatic rings. The van der Waals surface area contributed by atoms with E-state index in [9.17, 15) is 0 Å². The molecule has 4 aromatic heterocycles. The maximum Gasteiger partial charge on any atom is 0.164 e. The Kier molecular flexibility index (Phi) is 13.5. The van der Waals surface area contributed by atoms with Gasteiger partial charge in [-0.1, -0.05) is 186 Å². The van der Waals surface area contributed by atoms with Crippen LogP contribution in [0.5, 0.6) is 0 Å². The zero-order valence-electron chi connectivity index (χ0n) is 51.7. The molecule has 0 aliphatic heterocycles. The van der Waals surface area contributed by atoms with Crippen LogP contribution in [0.15, 0.2) is 237 Å². The van der Waals surface area contributed by atoms with E-state index in [-0.39, 0.29) is 0 Å². The fourth-order valence-electron chi connectivity index (χ4n) is 14.1. The topological polar surface area (TPSA) is 61.4 Å². The highest BCUT2D eigenvalue weighted by atomic mass is 15.1. The van der Waals surface area contributed by atoms with Gasteiger partial charge in [0.05, 0.1) is 39.1 Å².